The van der Waals surface area contributed by atoms with Crippen molar-refractivity contribution in [3.05, 3.63) is 99.6 Å². The van der Waals surface area contributed by atoms with Crippen LogP contribution >= 0.6 is 22.9 Å². The van der Waals surface area contributed by atoms with Crippen molar-refractivity contribution in [3.8, 4) is 21.6 Å². The highest BCUT2D eigenvalue weighted by atomic mass is 35.5. The van der Waals surface area contributed by atoms with E-state index in [0.29, 0.717) is 10.0 Å². The van der Waals surface area contributed by atoms with Crippen LogP contribution in [0.1, 0.15) is 34.2 Å². The van der Waals surface area contributed by atoms with Crippen molar-refractivity contribution < 1.29 is 19.4 Å². The monoisotopic (exact) mass is 517 g/mol. The van der Waals surface area contributed by atoms with Crippen LogP contribution in [-0.2, 0) is 20.7 Å². The molecule has 182 valence electrons. The molecule has 1 aliphatic carbocycles. The molecule has 5 rings (SSSR count). The number of rotatable bonds is 8. The molecule has 3 aromatic carbocycles. The van der Waals surface area contributed by atoms with Gasteiger partial charge in [-0.25, -0.2) is 4.98 Å². The van der Waals surface area contributed by atoms with Gasteiger partial charge in [0.25, 0.3) is 0 Å². The number of halogens is 1. The Balaban J connectivity index is 1.26. The van der Waals surface area contributed by atoms with E-state index >= 15 is 0 Å². The highest BCUT2D eigenvalue weighted by molar-refractivity contribution is 7.15. The number of aliphatic carboxylic acids is 1. The number of aromatic nitrogens is 1. The highest BCUT2D eigenvalue weighted by Gasteiger charge is 2.30. The molecule has 7 heteroatoms. The first-order valence-corrected chi connectivity index (χ1v) is 12.9. The molecule has 1 atom stereocenters. The number of carboxylic acid groups (broad SMARTS) is 1. The summed E-state index contributed by atoms with van der Waals surface area (Å²) in [5.74, 6) is -2.53. The number of carbonyl (C=O) groups excluding carboxylic acids is 1. The highest BCUT2D eigenvalue weighted by Crippen LogP contribution is 2.44. The molecule has 36 heavy (non-hydrogen) atoms. The Morgan fingerprint density at radius 1 is 1.00 bits per heavy atom. The second kappa shape index (κ2) is 10.2. The number of fused-ring (bicyclic) bond motifs is 3. The lowest BCUT2D eigenvalue weighted by Gasteiger charge is -2.15. The smallest absolute Gasteiger partial charge is 0.307 e. The van der Waals surface area contributed by atoms with Gasteiger partial charge in [0.05, 0.1) is 27.9 Å². The Hall–Kier alpha value is -3.48. The summed E-state index contributed by atoms with van der Waals surface area (Å²) in [6, 6.07) is 23.7. The van der Waals surface area contributed by atoms with E-state index in [9.17, 15) is 14.7 Å². The van der Waals surface area contributed by atoms with Crippen LogP contribution in [0.5, 0.6) is 0 Å². The van der Waals surface area contributed by atoms with E-state index in [1.807, 2.05) is 55.5 Å². The summed E-state index contributed by atoms with van der Waals surface area (Å²) in [6.07, 6.45) is -0.0428. The molecule has 1 N–H and O–H groups in total. The molecule has 0 amide bonds. The molecule has 0 saturated carbocycles. The average molecular weight is 518 g/mol. The van der Waals surface area contributed by atoms with Crippen molar-refractivity contribution >= 4 is 34.9 Å². The number of esters is 1. The second-order valence-electron chi connectivity index (χ2n) is 8.88. The van der Waals surface area contributed by atoms with Crippen LogP contribution in [0.3, 0.4) is 0 Å². The van der Waals surface area contributed by atoms with E-state index in [1.54, 1.807) is 0 Å². The Morgan fingerprint density at radius 2 is 1.61 bits per heavy atom. The SMILES string of the molecule is Cc1nc(C[C@H](CC(=O)OCC2c3ccccc3-c3ccccc32)C(=O)O)sc1-c1ccc(Cl)cc1. The fourth-order valence-electron chi connectivity index (χ4n) is 4.74. The Labute approximate surface area is 218 Å². The molecule has 0 fully saturated rings. The molecule has 0 spiro atoms. The molecular weight excluding hydrogens is 494 g/mol. The van der Waals surface area contributed by atoms with Crippen molar-refractivity contribution in [3.63, 3.8) is 0 Å². The van der Waals surface area contributed by atoms with Gasteiger partial charge in [-0.15, -0.1) is 11.3 Å². The van der Waals surface area contributed by atoms with Crippen molar-refractivity contribution in [2.45, 2.75) is 25.7 Å². The van der Waals surface area contributed by atoms with Crippen LogP contribution < -0.4 is 0 Å². The van der Waals surface area contributed by atoms with Crippen LogP contribution in [-0.4, -0.2) is 28.6 Å². The molecule has 0 bridgehead atoms. The van der Waals surface area contributed by atoms with E-state index in [4.69, 9.17) is 16.3 Å². The third-order valence-corrected chi connectivity index (χ3v) is 7.98. The molecule has 1 aliphatic rings. The van der Waals surface area contributed by atoms with E-state index in [0.717, 1.165) is 38.4 Å². The summed E-state index contributed by atoms with van der Waals surface area (Å²) in [6.45, 7) is 2.07. The summed E-state index contributed by atoms with van der Waals surface area (Å²) < 4.78 is 5.64. The number of aryl methyl sites for hydroxylation is 1. The lowest BCUT2D eigenvalue weighted by molar-refractivity contribution is -0.151. The molecule has 1 aromatic heterocycles. The zero-order valence-corrected chi connectivity index (χ0v) is 21.2. The Kier molecular flexibility index (Phi) is 6.90. The Bertz CT molecular complexity index is 1380. The van der Waals surface area contributed by atoms with Gasteiger partial charge in [0.15, 0.2) is 0 Å². The average Bonchev–Trinajstić information content (AvgIpc) is 3.40. The normalized spacial score (nSPS) is 13.2. The second-order valence-corrected chi connectivity index (χ2v) is 10.4. The number of carboxylic acids is 1. The third-order valence-electron chi connectivity index (χ3n) is 6.50. The minimum Gasteiger partial charge on any atom is -0.481 e. The lowest BCUT2D eigenvalue weighted by Crippen LogP contribution is -2.22. The first kappa shape index (κ1) is 24.2. The third kappa shape index (κ3) is 4.92. The molecule has 4 aromatic rings. The maximum atomic E-state index is 12.7. The van der Waals surface area contributed by atoms with Crippen LogP contribution in [0.4, 0.5) is 0 Å². The van der Waals surface area contributed by atoms with Crippen LogP contribution in [0.25, 0.3) is 21.6 Å². The van der Waals surface area contributed by atoms with Crippen molar-refractivity contribution in [2.75, 3.05) is 6.61 Å². The summed E-state index contributed by atoms with van der Waals surface area (Å²) in [7, 11) is 0. The first-order chi connectivity index (χ1) is 17.4. The number of nitrogens with zero attached hydrogens (tertiary/aromatic N) is 1. The zero-order chi connectivity index (χ0) is 25.2. The summed E-state index contributed by atoms with van der Waals surface area (Å²) in [4.78, 5) is 30.3. The maximum absolute atomic E-state index is 12.7. The zero-order valence-electron chi connectivity index (χ0n) is 19.6. The van der Waals surface area contributed by atoms with Crippen LogP contribution in [0.15, 0.2) is 72.8 Å². The molecule has 0 aliphatic heterocycles. The van der Waals surface area contributed by atoms with Gasteiger partial charge in [0.1, 0.15) is 6.61 Å². The van der Waals surface area contributed by atoms with E-state index in [2.05, 4.69) is 29.2 Å². The van der Waals surface area contributed by atoms with Gasteiger partial charge in [-0.05, 0) is 46.9 Å². The lowest BCUT2D eigenvalue weighted by atomic mass is 9.98. The van der Waals surface area contributed by atoms with Gasteiger partial charge in [-0.3, -0.25) is 9.59 Å². The van der Waals surface area contributed by atoms with Gasteiger partial charge in [-0.1, -0.05) is 72.3 Å². The fraction of sp³-hybridized carbons (Fsp3) is 0.207. The number of benzene rings is 3. The predicted octanol–water partition coefficient (Wildman–Crippen LogP) is 6.76. The number of hydrogen-bond donors (Lipinski definition) is 1. The number of hydrogen-bond acceptors (Lipinski definition) is 5. The van der Waals surface area contributed by atoms with Crippen LogP contribution in [0.2, 0.25) is 5.02 Å². The summed E-state index contributed by atoms with van der Waals surface area (Å²) in [5, 5.41) is 11.1. The molecule has 0 saturated heterocycles. The molecule has 1 heterocycles. The number of carbonyl (C=O) groups is 2. The van der Waals surface area contributed by atoms with Crippen molar-refractivity contribution in [2.24, 2.45) is 5.92 Å². The summed E-state index contributed by atoms with van der Waals surface area (Å²) >= 11 is 7.43. The largest absolute Gasteiger partial charge is 0.481 e. The first-order valence-electron chi connectivity index (χ1n) is 11.7. The maximum Gasteiger partial charge on any atom is 0.307 e. The predicted molar refractivity (Wildman–Crippen MR) is 141 cm³/mol. The van der Waals surface area contributed by atoms with E-state index in [-0.39, 0.29) is 25.4 Å². The number of thiazole rings is 1. The van der Waals surface area contributed by atoms with E-state index in [1.165, 1.54) is 11.3 Å². The molecule has 0 radical (unpaired) electrons. The quantitative estimate of drug-likeness (QED) is 0.261. The summed E-state index contributed by atoms with van der Waals surface area (Å²) in [5.41, 5.74) is 6.33. The van der Waals surface area contributed by atoms with Gasteiger partial charge in [0.2, 0.25) is 0 Å². The standard InChI is InChI=1S/C29H24ClNO4S/c1-17-28(18-10-12-20(30)13-11-18)36-26(31-17)14-19(29(33)34)15-27(32)35-16-25-23-8-4-2-6-21(23)22-7-3-5-9-24(22)25/h2-13,19,25H,14-16H2,1H3,(H,33,34)/t19-/m1/s1. The van der Waals surface area contributed by atoms with Crippen molar-refractivity contribution in [1.29, 1.82) is 0 Å². The minimum absolute atomic E-state index is 0.0619. The topological polar surface area (TPSA) is 76.5 Å². The fourth-order valence-corrected chi connectivity index (χ4v) is 6.02. The molecular formula is C29H24ClNO4S. The minimum atomic E-state index is -1.04. The van der Waals surface area contributed by atoms with Gasteiger partial charge in [0, 0.05) is 17.4 Å². The number of ether oxygens (including phenoxy) is 1. The van der Waals surface area contributed by atoms with E-state index < -0.39 is 17.9 Å². The molecule has 5 nitrogen and oxygen atoms in total. The Morgan fingerprint density at radius 3 is 2.22 bits per heavy atom. The van der Waals surface area contributed by atoms with Crippen molar-refractivity contribution in [1.82, 2.24) is 4.98 Å². The van der Waals surface area contributed by atoms with Crippen LogP contribution in [0, 0.1) is 12.8 Å². The molecule has 0 unspecified atom stereocenters. The van der Waals surface area contributed by atoms with Gasteiger partial charge >= 0.3 is 11.9 Å². The van der Waals surface area contributed by atoms with Gasteiger partial charge < -0.3 is 9.84 Å². The van der Waals surface area contributed by atoms with Gasteiger partial charge in [-0.2, -0.15) is 0 Å².